The molecule has 1 aliphatic rings. The molecule has 1 heterocycles. The van der Waals surface area contributed by atoms with Gasteiger partial charge in [0.1, 0.15) is 0 Å². The Labute approximate surface area is 122 Å². The van der Waals surface area contributed by atoms with E-state index >= 15 is 0 Å². The van der Waals surface area contributed by atoms with E-state index in [2.05, 4.69) is 43.2 Å². The van der Waals surface area contributed by atoms with Gasteiger partial charge >= 0.3 is 0 Å². The Hall–Kier alpha value is -1.26. The van der Waals surface area contributed by atoms with E-state index in [1.54, 1.807) is 0 Å². The minimum absolute atomic E-state index is 0.592. The van der Waals surface area contributed by atoms with Gasteiger partial charge in [0.15, 0.2) is 11.5 Å². The summed E-state index contributed by atoms with van der Waals surface area (Å²) < 4.78 is 11.3. The van der Waals surface area contributed by atoms with E-state index in [9.17, 15) is 0 Å². The van der Waals surface area contributed by atoms with Crippen LogP contribution in [-0.4, -0.2) is 44.3 Å². The number of rotatable bonds is 6. The van der Waals surface area contributed by atoms with Crippen LogP contribution < -0.4 is 14.8 Å². The maximum absolute atomic E-state index is 5.70. The van der Waals surface area contributed by atoms with Crippen LogP contribution in [0.2, 0.25) is 0 Å². The molecule has 1 aromatic carbocycles. The fourth-order valence-electron chi connectivity index (χ4n) is 2.06. The molecule has 0 aromatic heterocycles. The molecule has 0 bridgehead atoms. The molecule has 0 atom stereocenters. The molecule has 0 saturated heterocycles. The third-order valence-corrected chi connectivity index (χ3v) is 3.66. The molecule has 1 aliphatic heterocycles. The molecule has 0 amide bonds. The Morgan fingerprint density at radius 1 is 1.20 bits per heavy atom. The van der Waals surface area contributed by atoms with E-state index in [4.69, 9.17) is 9.47 Å². The summed E-state index contributed by atoms with van der Waals surface area (Å²) in [7, 11) is 2.15. The number of ether oxygens (including phenoxy) is 2. The largest absolute Gasteiger partial charge is 0.490 e. The van der Waals surface area contributed by atoms with E-state index < -0.39 is 0 Å². The Morgan fingerprint density at radius 3 is 2.70 bits per heavy atom. The van der Waals surface area contributed by atoms with Gasteiger partial charge in [-0.05, 0) is 38.6 Å². The van der Waals surface area contributed by atoms with Crippen molar-refractivity contribution in [1.29, 1.82) is 0 Å². The molecule has 20 heavy (non-hydrogen) atoms. The van der Waals surface area contributed by atoms with Crippen molar-refractivity contribution in [3.63, 3.8) is 0 Å². The van der Waals surface area contributed by atoms with Crippen LogP contribution in [0.4, 0.5) is 0 Å². The van der Waals surface area contributed by atoms with Crippen LogP contribution in [0.1, 0.15) is 25.8 Å². The Balaban J connectivity index is 1.80. The van der Waals surface area contributed by atoms with E-state index in [1.165, 1.54) is 5.56 Å². The zero-order valence-electron chi connectivity index (χ0n) is 12.8. The normalized spacial score (nSPS) is 14.7. The molecule has 0 radical (unpaired) electrons. The summed E-state index contributed by atoms with van der Waals surface area (Å²) in [5.74, 6) is 1.74. The summed E-state index contributed by atoms with van der Waals surface area (Å²) in [6.07, 6.45) is 0.948. The van der Waals surface area contributed by atoms with Crippen LogP contribution in [0.3, 0.4) is 0 Å². The molecule has 4 nitrogen and oxygen atoms in total. The average molecular weight is 278 g/mol. The van der Waals surface area contributed by atoms with E-state index in [0.717, 1.165) is 50.8 Å². The first-order chi connectivity index (χ1) is 9.66. The lowest BCUT2D eigenvalue weighted by atomic mass is 10.2. The second-order valence-corrected chi connectivity index (χ2v) is 5.58. The average Bonchev–Trinajstić information content (AvgIpc) is 2.67. The molecular weight excluding hydrogens is 252 g/mol. The van der Waals surface area contributed by atoms with Crippen molar-refractivity contribution in [2.24, 2.45) is 0 Å². The predicted octanol–water partition coefficient (Wildman–Crippen LogP) is 2.28. The number of benzene rings is 1. The molecule has 1 aromatic rings. The first-order valence-electron chi connectivity index (χ1n) is 7.46. The standard InChI is InChI=1S/C16H26N2O2/c1-13(2)18(3)8-7-17-12-14-5-6-15-16(11-14)20-10-4-9-19-15/h5-6,11,13,17H,4,7-10,12H2,1-3H3. The molecular formula is C16H26N2O2. The van der Waals surface area contributed by atoms with E-state index in [0.29, 0.717) is 6.04 Å². The third-order valence-electron chi connectivity index (χ3n) is 3.66. The Kier molecular flexibility index (Phi) is 5.68. The summed E-state index contributed by atoms with van der Waals surface area (Å²) in [5, 5.41) is 3.47. The van der Waals surface area contributed by atoms with Crippen molar-refractivity contribution in [2.45, 2.75) is 32.9 Å². The summed E-state index contributed by atoms with van der Waals surface area (Å²) in [6, 6.07) is 6.79. The zero-order chi connectivity index (χ0) is 14.4. The molecule has 4 heteroatoms. The molecule has 0 spiro atoms. The van der Waals surface area contributed by atoms with Gasteiger partial charge in [-0.15, -0.1) is 0 Å². The number of nitrogens with one attached hydrogen (secondary N) is 1. The zero-order valence-corrected chi connectivity index (χ0v) is 12.8. The minimum atomic E-state index is 0.592. The summed E-state index contributed by atoms with van der Waals surface area (Å²) in [4.78, 5) is 2.33. The smallest absolute Gasteiger partial charge is 0.161 e. The van der Waals surface area contributed by atoms with E-state index in [1.807, 2.05) is 6.07 Å². The van der Waals surface area contributed by atoms with Crippen molar-refractivity contribution >= 4 is 0 Å². The number of hydrogen-bond acceptors (Lipinski definition) is 4. The fraction of sp³-hybridized carbons (Fsp3) is 0.625. The highest BCUT2D eigenvalue weighted by atomic mass is 16.5. The number of hydrogen-bond donors (Lipinski definition) is 1. The highest BCUT2D eigenvalue weighted by molar-refractivity contribution is 5.43. The lowest BCUT2D eigenvalue weighted by Gasteiger charge is -2.21. The van der Waals surface area contributed by atoms with Crippen LogP contribution in [-0.2, 0) is 6.54 Å². The maximum Gasteiger partial charge on any atom is 0.161 e. The summed E-state index contributed by atoms with van der Waals surface area (Å²) in [6.45, 7) is 8.82. The monoisotopic (exact) mass is 278 g/mol. The van der Waals surface area contributed by atoms with Crippen molar-refractivity contribution in [3.8, 4) is 11.5 Å². The van der Waals surface area contributed by atoms with Crippen LogP contribution in [0.25, 0.3) is 0 Å². The number of nitrogens with zero attached hydrogens (tertiary/aromatic N) is 1. The van der Waals surface area contributed by atoms with Gasteiger partial charge in [-0.2, -0.15) is 0 Å². The molecule has 112 valence electrons. The number of fused-ring (bicyclic) bond motifs is 1. The van der Waals surface area contributed by atoms with Gasteiger partial charge in [-0.1, -0.05) is 6.07 Å². The van der Waals surface area contributed by atoms with E-state index in [-0.39, 0.29) is 0 Å². The van der Waals surface area contributed by atoms with Gasteiger partial charge in [0.25, 0.3) is 0 Å². The quantitative estimate of drug-likeness (QED) is 0.810. The molecule has 0 aliphatic carbocycles. The van der Waals surface area contributed by atoms with Crippen LogP contribution in [0, 0.1) is 0 Å². The molecule has 0 saturated carbocycles. The van der Waals surface area contributed by atoms with Crippen molar-refractivity contribution < 1.29 is 9.47 Å². The van der Waals surface area contributed by atoms with Crippen molar-refractivity contribution in [3.05, 3.63) is 23.8 Å². The topological polar surface area (TPSA) is 33.7 Å². The van der Waals surface area contributed by atoms with Gasteiger partial charge in [-0.25, -0.2) is 0 Å². The highest BCUT2D eigenvalue weighted by Gasteiger charge is 2.10. The number of likely N-dealkylation sites (N-methyl/N-ethyl adjacent to an activating group) is 1. The summed E-state index contributed by atoms with van der Waals surface area (Å²) >= 11 is 0. The first kappa shape index (κ1) is 15.1. The second-order valence-electron chi connectivity index (χ2n) is 5.58. The highest BCUT2D eigenvalue weighted by Crippen LogP contribution is 2.30. The predicted molar refractivity (Wildman–Crippen MR) is 81.5 cm³/mol. The molecule has 0 unspecified atom stereocenters. The molecule has 1 N–H and O–H groups in total. The lowest BCUT2D eigenvalue weighted by molar-refractivity contribution is 0.273. The lowest BCUT2D eigenvalue weighted by Crippen LogP contribution is -2.33. The van der Waals surface area contributed by atoms with Gasteiger partial charge in [0.2, 0.25) is 0 Å². The van der Waals surface area contributed by atoms with Crippen LogP contribution in [0.15, 0.2) is 18.2 Å². The van der Waals surface area contributed by atoms with Crippen molar-refractivity contribution in [2.75, 3.05) is 33.4 Å². The van der Waals surface area contributed by atoms with Crippen LogP contribution in [0.5, 0.6) is 11.5 Å². The van der Waals surface area contributed by atoms with Crippen LogP contribution >= 0.6 is 0 Å². The van der Waals surface area contributed by atoms with Gasteiger partial charge in [-0.3, -0.25) is 0 Å². The first-order valence-corrected chi connectivity index (χ1v) is 7.46. The minimum Gasteiger partial charge on any atom is -0.490 e. The van der Waals surface area contributed by atoms with Gasteiger partial charge in [0.05, 0.1) is 13.2 Å². The maximum atomic E-state index is 5.70. The SMILES string of the molecule is CC(C)N(C)CCNCc1ccc2c(c1)OCCCO2. The molecule has 0 fully saturated rings. The molecule has 2 rings (SSSR count). The summed E-state index contributed by atoms with van der Waals surface area (Å²) in [5.41, 5.74) is 1.24. The Bertz CT molecular complexity index is 421. The second kappa shape index (κ2) is 7.50. The van der Waals surface area contributed by atoms with Crippen molar-refractivity contribution in [1.82, 2.24) is 10.2 Å². The Morgan fingerprint density at radius 2 is 1.95 bits per heavy atom. The van der Waals surface area contributed by atoms with Gasteiger partial charge < -0.3 is 19.7 Å². The fourth-order valence-corrected chi connectivity index (χ4v) is 2.06. The third kappa shape index (κ3) is 4.39. The van der Waals surface area contributed by atoms with Gasteiger partial charge in [0, 0.05) is 32.1 Å².